The molecule has 0 unspecified atom stereocenters. The van der Waals surface area contributed by atoms with Crippen molar-refractivity contribution in [3.63, 3.8) is 0 Å². The molecule has 0 atom stereocenters. The number of nitrogens with one attached hydrogen (secondary N) is 2. The van der Waals surface area contributed by atoms with E-state index in [0.29, 0.717) is 36.0 Å². The van der Waals surface area contributed by atoms with Crippen molar-refractivity contribution in [2.75, 3.05) is 50.9 Å². The van der Waals surface area contributed by atoms with Crippen LogP contribution in [0.25, 0.3) is 5.57 Å². The van der Waals surface area contributed by atoms with Gasteiger partial charge in [0.05, 0.1) is 11.1 Å². The lowest BCUT2D eigenvalue weighted by atomic mass is 10.0. The number of piperazine rings is 1. The van der Waals surface area contributed by atoms with Crippen LogP contribution in [0.3, 0.4) is 0 Å². The SMILES string of the molecule is C=CC=C(C#Cc1cc(C(=O)Nc2ccc(CN3CCN(C)CC3)c(C(F)(F)F)c2)ccc1C)c1nc(NC)nn1C. The molecule has 1 saturated heterocycles. The molecular weight excluding hydrogens is 543 g/mol. The van der Waals surface area contributed by atoms with Gasteiger partial charge in [-0.3, -0.25) is 9.69 Å². The minimum Gasteiger partial charge on any atom is -0.356 e. The van der Waals surface area contributed by atoms with Crippen molar-refractivity contribution < 1.29 is 18.0 Å². The van der Waals surface area contributed by atoms with Gasteiger partial charge in [0.2, 0.25) is 5.95 Å². The number of nitrogens with zero attached hydrogens (tertiary/aromatic N) is 5. The van der Waals surface area contributed by atoms with Crippen LogP contribution in [0.4, 0.5) is 24.8 Å². The van der Waals surface area contributed by atoms with E-state index in [9.17, 15) is 18.0 Å². The highest BCUT2D eigenvalue weighted by molar-refractivity contribution is 6.04. The summed E-state index contributed by atoms with van der Waals surface area (Å²) in [5.74, 6) is 6.61. The Balaban J connectivity index is 1.55. The van der Waals surface area contributed by atoms with Gasteiger partial charge >= 0.3 is 6.18 Å². The number of carbonyl (C=O) groups is 1. The Morgan fingerprint density at radius 3 is 2.50 bits per heavy atom. The molecule has 1 aromatic heterocycles. The molecule has 1 aliphatic heterocycles. The number of aromatic nitrogens is 3. The number of benzene rings is 2. The standard InChI is InChI=1S/C31H34F3N7O/c1-6-7-22(28-37-30(35-3)38-40(28)5)10-11-23-18-24(9-8-21(23)2)29(42)36-26-13-12-25(27(19-26)31(32,33)34)20-41-16-14-39(4)15-17-41/h6-9,12-13,18-19H,1,14-17,20H2,2-5H3,(H,35,38)(H,36,42). The lowest BCUT2D eigenvalue weighted by Gasteiger charge is -2.33. The zero-order chi connectivity index (χ0) is 30.4. The molecule has 1 aliphatic rings. The summed E-state index contributed by atoms with van der Waals surface area (Å²) in [6.45, 7) is 8.82. The Bertz CT molecular complexity index is 1550. The first kappa shape index (κ1) is 30.6. The number of amides is 1. The Kier molecular flexibility index (Phi) is 9.50. The largest absolute Gasteiger partial charge is 0.416 e. The van der Waals surface area contributed by atoms with Crippen molar-refractivity contribution in [1.29, 1.82) is 0 Å². The highest BCUT2D eigenvalue weighted by Crippen LogP contribution is 2.34. The van der Waals surface area contributed by atoms with Crippen molar-refractivity contribution in [1.82, 2.24) is 24.6 Å². The first-order valence-electron chi connectivity index (χ1n) is 13.5. The third-order valence-corrected chi connectivity index (χ3v) is 7.01. The van der Waals surface area contributed by atoms with E-state index in [1.54, 1.807) is 49.1 Å². The van der Waals surface area contributed by atoms with E-state index in [4.69, 9.17) is 0 Å². The highest BCUT2D eigenvalue weighted by Gasteiger charge is 2.34. The molecule has 3 aromatic rings. The minimum absolute atomic E-state index is 0.0708. The molecule has 0 radical (unpaired) electrons. The van der Waals surface area contributed by atoms with Crippen LogP contribution >= 0.6 is 0 Å². The number of alkyl halides is 3. The molecule has 11 heteroatoms. The third-order valence-electron chi connectivity index (χ3n) is 7.01. The maximum absolute atomic E-state index is 14.0. The molecular formula is C31H34F3N7O. The van der Waals surface area contributed by atoms with E-state index in [1.807, 2.05) is 18.9 Å². The zero-order valence-corrected chi connectivity index (χ0v) is 24.1. The predicted octanol–water partition coefficient (Wildman–Crippen LogP) is 4.80. The molecule has 2 N–H and O–H groups in total. The average molecular weight is 578 g/mol. The summed E-state index contributed by atoms with van der Waals surface area (Å²) in [7, 11) is 5.46. The molecule has 220 valence electrons. The predicted molar refractivity (Wildman–Crippen MR) is 159 cm³/mol. The fraction of sp³-hybridized carbons (Fsp3) is 0.323. The smallest absolute Gasteiger partial charge is 0.356 e. The molecule has 0 bridgehead atoms. The number of halogens is 3. The number of aryl methyl sites for hydroxylation is 2. The minimum atomic E-state index is -4.55. The van der Waals surface area contributed by atoms with Gasteiger partial charge in [0, 0.05) is 63.6 Å². The lowest BCUT2D eigenvalue weighted by molar-refractivity contribution is -0.138. The van der Waals surface area contributed by atoms with Crippen molar-refractivity contribution in [3.05, 3.63) is 88.8 Å². The maximum Gasteiger partial charge on any atom is 0.416 e. The molecule has 0 aliphatic carbocycles. The van der Waals surface area contributed by atoms with Crippen LogP contribution in [0.2, 0.25) is 0 Å². The number of likely N-dealkylation sites (N-methyl/N-ethyl adjacent to an activating group) is 1. The summed E-state index contributed by atoms with van der Waals surface area (Å²) in [4.78, 5) is 21.7. The Morgan fingerprint density at radius 1 is 1.12 bits per heavy atom. The Labute approximate surface area is 243 Å². The Hall–Kier alpha value is -4.40. The van der Waals surface area contributed by atoms with Gasteiger partial charge in [0.25, 0.3) is 5.91 Å². The number of hydrogen-bond acceptors (Lipinski definition) is 6. The second-order valence-corrected chi connectivity index (χ2v) is 10.1. The summed E-state index contributed by atoms with van der Waals surface area (Å²) >= 11 is 0. The second kappa shape index (κ2) is 13.1. The van der Waals surface area contributed by atoms with Gasteiger partial charge < -0.3 is 15.5 Å². The van der Waals surface area contributed by atoms with Gasteiger partial charge in [-0.2, -0.15) is 18.2 Å². The van der Waals surface area contributed by atoms with Crippen molar-refractivity contribution >= 4 is 23.1 Å². The lowest BCUT2D eigenvalue weighted by Crippen LogP contribution is -2.44. The quantitative estimate of drug-likeness (QED) is 0.310. The zero-order valence-electron chi connectivity index (χ0n) is 24.1. The van der Waals surface area contributed by atoms with E-state index in [2.05, 4.69) is 44.0 Å². The van der Waals surface area contributed by atoms with Crippen LogP contribution in [0.15, 0.2) is 55.1 Å². The van der Waals surface area contributed by atoms with Gasteiger partial charge in [-0.25, -0.2) is 4.68 Å². The van der Waals surface area contributed by atoms with Crippen LogP contribution in [-0.2, 0) is 19.8 Å². The number of hydrogen-bond donors (Lipinski definition) is 2. The van der Waals surface area contributed by atoms with Gasteiger partial charge in [-0.1, -0.05) is 36.6 Å². The number of anilines is 2. The van der Waals surface area contributed by atoms with Gasteiger partial charge in [0.1, 0.15) is 0 Å². The van der Waals surface area contributed by atoms with Gasteiger partial charge in [0.15, 0.2) is 5.82 Å². The average Bonchev–Trinajstić information content (AvgIpc) is 3.33. The molecule has 2 heterocycles. The summed E-state index contributed by atoms with van der Waals surface area (Å²) < 4.78 is 43.6. The maximum atomic E-state index is 14.0. The molecule has 1 amide bonds. The normalized spacial score (nSPS) is 14.7. The van der Waals surface area contributed by atoms with Crippen molar-refractivity contribution in [2.45, 2.75) is 19.6 Å². The molecule has 8 nitrogen and oxygen atoms in total. The molecule has 0 saturated carbocycles. The topological polar surface area (TPSA) is 78.3 Å². The van der Waals surface area contributed by atoms with E-state index in [-0.39, 0.29) is 23.4 Å². The molecule has 2 aromatic carbocycles. The van der Waals surface area contributed by atoms with Crippen LogP contribution in [0.5, 0.6) is 0 Å². The first-order valence-corrected chi connectivity index (χ1v) is 13.5. The highest BCUT2D eigenvalue weighted by atomic mass is 19.4. The molecule has 0 spiro atoms. The van der Waals surface area contributed by atoms with E-state index < -0.39 is 17.6 Å². The number of carbonyl (C=O) groups excluding carboxylic acids is 1. The van der Waals surface area contributed by atoms with E-state index in [0.717, 1.165) is 24.7 Å². The summed E-state index contributed by atoms with van der Waals surface area (Å²) in [6.07, 6.45) is -1.24. The number of allylic oxidation sites excluding steroid dienone is 3. The second-order valence-electron chi connectivity index (χ2n) is 10.1. The summed E-state index contributed by atoms with van der Waals surface area (Å²) in [5, 5.41) is 9.77. The molecule has 42 heavy (non-hydrogen) atoms. The van der Waals surface area contributed by atoms with Crippen LogP contribution in [0, 0.1) is 18.8 Å². The van der Waals surface area contributed by atoms with E-state index >= 15 is 0 Å². The van der Waals surface area contributed by atoms with Gasteiger partial charge in [-0.15, -0.1) is 5.10 Å². The first-order chi connectivity index (χ1) is 20.0. The fourth-order valence-electron chi connectivity index (χ4n) is 4.55. The molecule has 1 fully saturated rings. The van der Waals surface area contributed by atoms with Crippen molar-refractivity contribution in [2.24, 2.45) is 7.05 Å². The molecule has 4 rings (SSSR count). The van der Waals surface area contributed by atoms with Crippen LogP contribution in [0.1, 0.15) is 38.4 Å². The van der Waals surface area contributed by atoms with E-state index in [1.165, 1.54) is 12.1 Å². The Morgan fingerprint density at radius 2 is 1.86 bits per heavy atom. The fourth-order valence-corrected chi connectivity index (χ4v) is 4.55. The third kappa shape index (κ3) is 7.46. The van der Waals surface area contributed by atoms with Crippen molar-refractivity contribution in [3.8, 4) is 11.8 Å². The summed E-state index contributed by atoms with van der Waals surface area (Å²) in [6, 6.07) is 8.95. The summed E-state index contributed by atoms with van der Waals surface area (Å²) in [5.41, 5.74) is 1.78. The van der Waals surface area contributed by atoms with Crippen LogP contribution < -0.4 is 10.6 Å². The van der Waals surface area contributed by atoms with Crippen LogP contribution in [-0.4, -0.2) is 70.7 Å². The monoisotopic (exact) mass is 577 g/mol. The number of rotatable bonds is 7. The van der Waals surface area contributed by atoms with Gasteiger partial charge in [-0.05, 0) is 55.4 Å².